The van der Waals surface area contributed by atoms with Crippen LogP contribution in [0.25, 0.3) is 0 Å². The number of hydrogen-bond donors (Lipinski definition) is 1. The number of amides is 3. The molecule has 1 aliphatic carbocycles. The van der Waals surface area contributed by atoms with Crippen molar-refractivity contribution >= 4 is 23.4 Å². The average Bonchev–Trinajstić information content (AvgIpc) is 3.37. The maximum absolute atomic E-state index is 13.7. The maximum atomic E-state index is 13.7. The third-order valence-corrected chi connectivity index (χ3v) is 9.08. The van der Waals surface area contributed by atoms with Gasteiger partial charge in [-0.05, 0) is 58.6 Å². The van der Waals surface area contributed by atoms with Crippen LogP contribution in [0.1, 0.15) is 108 Å². The van der Waals surface area contributed by atoms with Crippen LogP contribution in [-0.2, 0) is 4.79 Å². The molecule has 0 bridgehead atoms. The van der Waals surface area contributed by atoms with Gasteiger partial charge in [-0.3, -0.25) is 24.4 Å². The molecule has 1 atom stereocenters. The number of aromatic amines is 1. The van der Waals surface area contributed by atoms with Gasteiger partial charge >= 0.3 is 0 Å². The van der Waals surface area contributed by atoms with Crippen molar-refractivity contribution in [2.45, 2.75) is 90.6 Å². The van der Waals surface area contributed by atoms with Crippen molar-refractivity contribution in [3.8, 4) is 0 Å². The van der Waals surface area contributed by atoms with E-state index in [1.807, 2.05) is 37.9 Å². The van der Waals surface area contributed by atoms with Gasteiger partial charge in [-0.2, -0.15) is 5.10 Å². The van der Waals surface area contributed by atoms with E-state index in [0.717, 1.165) is 61.2 Å². The lowest BCUT2D eigenvalue weighted by Gasteiger charge is -2.36. The first-order valence-corrected chi connectivity index (χ1v) is 14.3. The molecule has 8 nitrogen and oxygen atoms in total. The maximum Gasteiger partial charge on any atom is 0.263 e. The first-order chi connectivity index (χ1) is 18.3. The van der Waals surface area contributed by atoms with Crippen molar-refractivity contribution < 1.29 is 14.4 Å². The van der Waals surface area contributed by atoms with E-state index in [9.17, 15) is 14.4 Å². The molecule has 1 saturated heterocycles. The number of nitrogens with one attached hydrogen (secondary N) is 1. The molecule has 2 aliphatic heterocycles. The summed E-state index contributed by atoms with van der Waals surface area (Å²) >= 11 is 0. The van der Waals surface area contributed by atoms with Crippen molar-refractivity contribution in [2.75, 3.05) is 25.0 Å². The summed E-state index contributed by atoms with van der Waals surface area (Å²) in [6, 6.07) is 5.60. The molecule has 0 spiro atoms. The van der Waals surface area contributed by atoms with Gasteiger partial charge in [0.05, 0.1) is 28.6 Å². The van der Waals surface area contributed by atoms with Gasteiger partial charge < -0.3 is 9.80 Å². The molecule has 5 rings (SSSR count). The fraction of sp³-hybridized carbons (Fsp3) is 0.600. The third kappa shape index (κ3) is 4.74. The zero-order valence-corrected chi connectivity index (χ0v) is 23.3. The van der Waals surface area contributed by atoms with Crippen molar-refractivity contribution in [1.82, 2.24) is 20.0 Å². The average molecular weight is 520 g/mol. The van der Waals surface area contributed by atoms with Crippen LogP contribution in [0.5, 0.6) is 0 Å². The number of H-pyrrole nitrogens is 1. The van der Waals surface area contributed by atoms with Gasteiger partial charge in [0.15, 0.2) is 0 Å². The van der Waals surface area contributed by atoms with Gasteiger partial charge in [-0.15, -0.1) is 0 Å². The summed E-state index contributed by atoms with van der Waals surface area (Å²) in [5, 5.41) is 7.32. The molecule has 1 N–H and O–H groups in total. The highest BCUT2D eigenvalue weighted by Crippen LogP contribution is 2.37. The van der Waals surface area contributed by atoms with E-state index in [-0.39, 0.29) is 35.7 Å². The normalized spacial score (nSPS) is 20.3. The molecule has 3 heterocycles. The molecule has 2 fully saturated rings. The number of hydrogen-bond acceptors (Lipinski definition) is 5. The number of fused-ring (bicyclic) bond motifs is 1. The van der Waals surface area contributed by atoms with E-state index in [0.29, 0.717) is 24.2 Å². The minimum absolute atomic E-state index is 0.000986. The minimum atomic E-state index is -0.136. The minimum Gasteiger partial charge on any atom is -0.371 e. The van der Waals surface area contributed by atoms with Crippen LogP contribution in [-0.4, -0.2) is 63.9 Å². The highest BCUT2D eigenvalue weighted by Gasteiger charge is 2.42. The molecule has 204 valence electrons. The molecule has 0 radical (unpaired) electrons. The van der Waals surface area contributed by atoms with Crippen LogP contribution in [0, 0.1) is 19.8 Å². The van der Waals surface area contributed by atoms with Gasteiger partial charge in [0.2, 0.25) is 5.91 Å². The fourth-order valence-electron chi connectivity index (χ4n) is 6.79. The smallest absolute Gasteiger partial charge is 0.263 e. The number of aromatic nitrogens is 2. The standard InChI is InChI=1S/C30H41N5O3/c1-19-26(20(2)32-31-19)21(3)33(4)28(36)22-15-17-34(18-16-22)25-14-10-13-24-27(25)30(38)35(29(24)37)23-11-8-6-5-7-9-12-23/h10,13-14,21-23H,5-9,11-12,15-18H2,1-4H3,(H,31,32). The molecule has 1 saturated carbocycles. The molecule has 2 aromatic rings. The Labute approximate surface area is 225 Å². The summed E-state index contributed by atoms with van der Waals surface area (Å²) < 4.78 is 0. The number of aryl methyl sites for hydroxylation is 2. The van der Waals surface area contributed by atoms with Gasteiger partial charge in [-0.1, -0.05) is 38.2 Å². The summed E-state index contributed by atoms with van der Waals surface area (Å²) in [6.07, 6.45) is 8.97. The van der Waals surface area contributed by atoms with Crippen LogP contribution in [0.4, 0.5) is 5.69 Å². The van der Waals surface area contributed by atoms with Gasteiger partial charge in [0.25, 0.3) is 11.8 Å². The molecule has 38 heavy (non-hydrogen) atoms. The van der Waals surface area contributed by atoms with E-state index in [1.54, 1.807) is 11.0 Å². The topological polar surface area (TPSA) is 89.6 Å². The van der Waals surface area contributed by atoms with Crippen LogP contribution in [0.2, 0.25) is 0 Å². The highest BCUT2D eigenvalue weighted by atomic mass is 16.2. The Morgan fingerprint density at radius 3 is 2.29 bits per heavy atom. The molecule has 1 unspecified atom stereocenters. The van der Waals surface area contributed by atoms with E-state index >= 15 is 0 Å². The number of rotatable bonds is 5. The van der Waals surface area contributed by atoms with E-state index in [2.05, 4.69) is 22.0 Å². The van der Waals surface area contributed by atoms with Crippen molar-refractivity contribution in [2.24, 2.45) is 5.92 Å². The quantitative estimate of drug-likeness (QED) is 0.551. The summed E-state index contributed by atoms with van der Waals surface area (Å²) in [6.45, 7) is 7.38. The number of nitrogens with zero attached hydrogens (tertiary/aromatic N) is 4. The first kappa shape index (κ1) is 26.4. The molecule has 1 aromatic heterocycles. The summed E-state index contributed by atoms with van der Waals surface area (Å²) in [7, 11) is 1.88. The Kier molecular flexibility index (Phi) is 7.59. The largest absolute Gasteiger partial charge is 0.371 e. The van der Waals surface area contributed by atoms with Crippen LogP contribution < -0.4 is 4.90 Å². The predicted octanol–water partition coefficient (Wildman–Crippen LogP) is 5.17. The second-order valence-corrected chi connectivity index (χ2v) is 11.4. The fourth-order valence-corrected chi connectivity index (χ4v) is 6.79. The zero-order valence-electron chi connectivity index (χ0n) is 23.3. The SMILES string of the molecule is Cc1n[nH]c(C)c1C(C)N(C)C(=O)C1CCN(c2cccc3c2C(=O)N(C2CCCCCCC2)C3=O)CC1. The second-order valence-electron chi connectivity index (χ2n) is 11.4. The van der Waals surface area contributed by atoms with Crippen LogP contribution in [0.3, 0.4) is 0 Å². The summed E-state index contributed by atoms with van der Waals surface area (Å²) in [5.41, 5.74) is 4.93. The van der Waals surface area contributed by atoms with Crippen LogP contribution >= 0.6 is 0 Å². The third-order valence-electron chi connectivity index (χ3n) is 9.08. The number of carbonyl (C=O) groups is 3. The molecule has 1 aromatic carbocycles. The van der Waals surface area contributed by atoms with Crippen molar-refractivity contribution in [3.05, 3.63) is 46.3 Å². The molecular weight excluding hydrogens is 478 g/mol. The predicted molar refractivity (Wildman–Crippen MR) is 147 cm³/mol. The van der Waals surface area contributed by atoms with E-state index in [4.69, 9.17) is 0 Å². The lowest BCUT2D eigenvalue weighted by molar-refractivity contribution is -0.136. The summed E-state index contributed by atoms with van der Waals surface area (Å²) in [5.74, 6) is -0.185. The summed E-state index contributed by atoms with van der Waals surface area (Å²) in [4.78, 5) is 46.1. The molecule has 3 amide bonds. The molecule has 8 heteroatoms. The highest BCUT2D eigenvalue weighted by molar-refractivity contribution is 6.24. The zero-order chi connectivity index (χ0) is 27.0. The number of carbonyl (C=O) groups excluding carboxylic acids is 3. The number of imide groups is 1. The van der Waals surface area contributed by atoms with E-state index < -0.39 is 0 Å². The van der Waals surface area contributed by atoms with Gasteiger partial charge in [0, 0.05) is 43.4 Å². The lowest BCUT2D eigenvalue weighted by Crippen LogP contribution is -2.43. The Hall–Kier alpha value is -3.16. The molecule has 3 aliphatic rings. The number of anilines is 1. The Bertz CT molecular complexity index is 1180. The van der Waals surface area contributed by atoms with Crippen LogP contribution in [0.15, 0.2) is 18.2 Å². The Balaban J connectivity index is 1.28. The second kappa shape index (κ2) is 10.9. The molecular formula is C30H41N5O3. The Morgan fingerprint density at radius 1 is 1.00 bits per heavy atom. The van der Waals surface area contributed by atoms with Gasteiger partial charge in [0.1, 0.15) is 0 Å². The van der Waals surface area contributed by atoms with Gasteiger partial charge in [-0.25, -0.2) is 0 Å². The Morgan fingerprint density at radius 2 is 1.66 bits per heavy atom. The van der Waals surface area contributed by atoms with E-state index in [1.165, 1.54) is 19.3 Å². The number of piperidine rings is 1. The monoisotopic (exact) mass is 519 g/mol. The first-order valence-electron chi connectivity index (χ1n) is 14.3. The lowest BCUT2D eigenvalue weighted by atomic mass is 9.93. The number of benzene rings is 1. The van der Waals surface area contributed by atoms with Crippen molar-refractivity contribution in [1.29, 1.82) is 0 Å². The van der Waals surface area contributed by atoms with Crippen molar-refractivity contribution in [3.63, 3.8) is 0 Å².